The molecular weight excluding hydrogens is 414 g/mol. The fourth-order valence-corrected chi connectivity index (χ4v) is 8.24. The van der Waals surface area contributed by atoms with Crippen LogP contribution in [0, 0.1) is 16.7 Å². The van der Waals surface area contributed by atoms with Crippen LogP contribution in [0.1, 0.15) is 53.2 Å². The maximum Gasteiger partial charge on any atom is 0.212 e. The average molecular weight is 438 g/mol. The van der Waals surface area contributed by atoms with Gasteiger partial charge in [0, 0.05) is 34.2 Å². The predicted octanol–water partition coefficient (Wildman–Crippen LogP) is 3.86. The minimum atomic E-state index is -3.61. The van der Waals surface area contributed by atoms with Crippen molar-refractivity contribution in [1.82, 2.24) is 4.72 Å². The normalized spacial score (nSPS) is 26.1. The number of hydrogen-bond acceptors (Lipinski definition) is 6. The minimum absolute atomic E-state index is 0.0467. The molecule has 0 radical (unpaired) electrons. The Kier molecular flexibility index (Phi) is 4.89. The molecule has 150 valence electrons. The monoisotopic (exact) mass is 437 g/mol. The zero-order chi connectivity index (χ0) is 20.2. The van der Waals surface area contributed by atoms with Crippen LogP contribution in [-0.4, -0.2) is 25.7 Å². The molecule has 2 aromatic heterocycles. The molecule has 2 atom stereocenters. The molecule has 0 aromatic carbocycles. The van der Waals surface area contributed by atoms with Crippen molar-refractivity contribution in [2.75, 3.05) is 5.75 Å². The molecular formula is C20H23NO4S3. The second-order valence-electron chi connectivity index (χ2n) is 8.35. The van der Waals surface area contributed by atoms with E-state index in [1.807, 2.05) is 19.2 Å². The molecule has 0 saturated heterocycles. The van der Waals surface area contributed by atoms with Gasteiger partial charge in [-0.25, -0.2) is 13.1 Å². The molecule has 2 aliphatic rings. The van der Waals surface area contributed by atoms with Gasteiger partial charge in [0.05, 0.1) is 10.6 Å². The number of hydrogen-bond donors (Lipinski definition) is 1. The SMILES string of the molecule is CC1(C)C2CCC1(CS(=O)(=O)NCc1ccc(C(=O)c3ccsc3)s1)C(=O)C2. The van der Waals surface area contributed by atoms with Crippen LogP contribution in [0.3, 0.4) is 0 Å². The maximum atomic E-state index is 12.8. The van der Waals surface area contributed by atoms with Gasteiger partial charge in [0.25, 0.3) is 0 Å². The lowest BCUT2D eigenvalue weighted by atomic mass is 9.70. The lowest BCUT2D eigenvalue weighted by molar-refractivity contribution is -0.128. The van der Waals surface area contributed by atoms with Crippen LogP contribution in [0.5, 0.6) is 0 Å². The second kappa shape index (κ2) is 6.86. The van der Waals surface area contributed by atoms with E-state index in [9.17, 15) is 18.0 Å². The number of nitrogens with one attached hydrogen (secondary N) is 1. The first-order valence-corrected chi connectivity index (χ1v) is 12.7. The summed E-state index contributed by atoms with van der Waals surface area (Å²) in [5.41, 5.74) is -0.392. The van der Waals surface area contributed by atoms with E-state index in [1.54, 1.807) is 23.6 Å². The molecule has 2 bridgehead atoms. The molecule has 2 aromatic rings. The summed E-state index contributed by atoms with van der Waals surface area (Å²) in [6, 6.07) is 5.29. The topological polar surface area (TPSA) is 80.3 Å². The Hall–Kier alpha value is -1.35. The Labute approximate surface area is 173 Å². The molecule has 0 aliphatic heterocycles. The van der Waals surface area contributed by atoms with E-state index >= 15 is 0 Å². The number of fused-ring (bicyclic) bond motifs is 2. The van der Waals surface area contributed by atoms with Crippen LogP contribution in [0.2, 0.25) is 0 Å². The van der Waals surface area contributed by atoms with Gasteiger partial charge in [0.15, 0.2) is 0 Å². The van der Waals surface area contributed by atoms with Crippen LogP contribution >= 0.6 is 22.7 Å². The third-order valence-corrected chi connectivity index (χ3v) is 9.93. The highest BCUT2D eigenvalue weighted by Gasteiger charge is 2.65. The molecule has 1 N–H and O–H groups in total. The number of carbonyl (C=O) groups is 2. The summed E-state index contributed by atoms with van der Waals surface area (Å²) in [5, 5.41) is 3.66. The largest absolute Gasteiger partial charge is 0.299 e. The molecule has 8 heteroatoms. The lowest BCUT2D eigenvalue weighted by Gasteiger charge is -2.36. The highest BCUT2D eigenvalue weighted by atomic mass is 32.2. The zero-order valence-corrected chi connectivity index (χ0v) is 18.3. The first-order chi connectivity index (χ1) is 13.1. The van der Waals surface area contributed by atoms with E-state index in [0.717, 1.165) is 11.3 Å². The fourth-order valence-electron chi connectivity index (χ4n) is 4.80. The molecule has 2 fully saturated rings. The standard InChI is InChI=1S/C20H23NO4S3/c1-19(2)14-5-7-20(19,17(22)9-14)12-28(24,25)21-10-15-3-4-16(27-15)18(23)13-6-8-26-11-13/h3-4,6,8,11,14,21H,5,7,9-10,12H2,1-2H3. The Morgan fingerprint density at radius 3 is 2.68 bits per heavy atom. The van der Waals surface area contributed by atoms with Gasteiger partial charge in [-0.05, 0) is 47.8 Å². The first-order valence-electron chi connectivity index (χ1n) is 9.31. The van der Waals surface area contributed by atoms with Crippen molar-refractivity contribution in [2.45, 2.75) is 39.7 Å². The minimum Gasteiger partial charge on any atom is -0.299 e. The van der Waals surface area contributed by atoms with Gasteiger partial charge in [0.1, 0.15) is 5.78 Å². The summed E-state index contributed by atoms with van der Waals surface area (Å²) < 4.78 is 28.2. The maximum absolute atomic E-state index is 12.8. The van der Waals surface area contributed by atoms with E-state index < -0.39 is 15.4 Å². The second-order valence-corrected chi connectivity index (χ2v) is 12.1. The molecule has 28 heavy (non-hydrogen) atoms. The van der Waals surface area contributed by atoms with E-state index in [0.29, 0.717) is 23.3 Å². The van der Waals surface area contributed by atoms with Crippen molar-refractivity contribution >= 4 is 44.3 Å². The highest BCUT2D eigenvalue weighted by molar-refractivity contribution is 7.89. The predicted molar refractivity (Wildman–Crippen MR) is 111 cm³/mol. The van der Waals surface area contributed by atoms with Crippen molar-refractivity contribution < 1.29 is 18.0 Å². The number of sulfonamides is 1. The smallest absolute Gasteiger partial charge is 0.212 e. The van der Waals surface area contributed by atoms with Gasteiger partial charge < -0.3 is 0 Å². The third kappa shape index (κ3) is 3.20. The molecule has 2 unspecified atom stereocenters. The van der Waals surface area contributed by atoms with Crippen LogP contribution in [0.25, 0.3) is 0 Å². The number of Topliss-reactive ketones (excluding diaryl/α,β-unsaturated/α-hetero) is 1. The summed E-state index contributed by atoms with van der Waals surface area (Å²) in [4.78, 5) is 26.3. The highest BCUT2D eigenvalue weighted by Crippen LogP contribution is 2.64. The Bertz CT molecular complexity index is 1020. The fraction of sp³-hybridized carbons (Fsp3) is 0.500. The zero-order valence-electron chi connectivity index (χ0n) is 15.9. The van der Waals surface area contributed by atoms with Gasteiger partial charge in [-0.3, -0.25) is 9.59 Å². The van der Waals surface area contributed by atoms with E-state index in [2.05, 4.69) is 4.72 Å². The Morgan fingerprint density at radius 2 is 2.07 bits per heavy atom. The Balaban J connectivity index is 1.44. The van der Waals surface area contributed by atoms with Crippen molar-refractivity contribution in [1.29, 1.82) is 0 Å². The van der Waals surface area contributed by atoms with Crippen LogP contribution < -0.4 is 4.72 Å². The van der Waals surface area contributed by atoms with Crippen molar-refractivity contribution in [3.8, 4) is 0 Å². The summed E-state index contributed by atoms with van der Waals surface area (Å²) in [7, 11) is -3.61. The number of carbonyl (C=O) groups excluding carboxylic acids is 2. The average Bonchev–Trinajstić information content (AvgIpc) is 3.38. The van der Waals surface area contributed by atoms with Crippen LogP contribution in [-0.2, 0) is 21.4 Å². The van der Waals surface area contributed by atoms with Gasteiger partial charge in [0.2, 0.25) is 15.8 Å². The quantitative estimate of drug-likeness (QED) is 0.667. The number of thiophene rings is 2. The van der Waals surface area contributed by atoms with Crippen molar-refractivity contribution in [2.24, 2.45) is 16.7 Å². The molecule has 0 amide bonds. The Morgan fingerprint density at radius 1 is 1.29 bits per heavy atom. The van der Waals surface area contributed by atoms with E-state index in [4.69, 9.17) is 0 Å². The lowest BCUT2D eigenvalue weighted by Crippen LogP contribution is -2.45. The van der Waals surface area contributed by atoms with Gasteiger partial charge in [-0.1, -0.05) is 13.8 Å². The molecule has 0 spiro atoms. The molecule has 5 nitrogen and oxygen atoms in total. The van der Waals surface area contributed by atoms with E-state index in [1.165, 1.54) is 22.7 Å². The summed E-state index contributed by atoms with van der Waals surface area (Å²) in [6.45, 7) is 4.21. The van der Waals surface area contributed by atoms with Crippen LogP contribution in [0.15, 0.2) is 29.0 Å². The van der Waals surface area contributed by atoms with Crippen molar-refractivity contribution in [3.63, 3.8) is 0 Å². The first kappa shape index (κ1) is 19.9. The van der Waals surface area contributed by atoms with Crippen molar-refractivity contribution in [3.05, 3.63) is 44.3 Å². The van der Waals surface area contributed by atoms with Crippen LogP contribution in [0.4, 0.5) is 0 Å². The van der Waals surface area contributed by atoms with Gasteiger partial charge in [-0.2, -0.15) is 11.3 Å². The summed E-state index contributed by atoms with van der Waals surface area (Å²) >= 11 is 2.76. The molecule has 2 heterocycles. The van der Waals surface area contributed by atoms with E-state index in [-0.39, 0.29) is 35.2 Å². The molecule has 4 rings (SSSR count). The third-order valence-electron chi connectivity index (χ3n) is 6.71. The van der Waals surface area contributed by atoms with Gasteiger partial charge >= 0.3 is 0 Å². The molecule has 2 saturated carbocycles. The van der Waals surface area contributed by atoms with Gasteiger partial charge in [-0.15, -0.1) is 11.3 Å². The number of ketones is 2. The summed E-state index contributed by atoms with van der Waals surface area (Å²) in [5.74, 6) is 0.195. The number of rotatable bonds is 7. The summed E-state index contributed by atoms with van der Waals surface area (Å²) in [6.07, 6.45) is 2.08. The molecule has 2 aliphatic carbocycles.